The number of halogens is 1. The molecular formula is C28H22FN3O5. The molecule has 1 aliphatic heterocycles. The van der Waals surface area contributed by atoms with Gasteiger partial charge in [0.2, 0.25) is 0 Å². The van der Waals surface area contributed by atoms with Gasteiger partial charge in [-0.05, 0) is 60.3 Å². The van der Waals surface area contributed by atoms with Crippen LogP contribution in [0.15, 0.2) is 79.0 Å². The van der Waals surface area contributed by atoms with Crippen LogP contribution in [0.4, 0.5) is 15.8 Å². The molecule has 0 aliphatic carbocycles. The zero-order chi connectivity index (χ0) is 26.2. The van der Waals surface area contributed by atoms with Gasteiger partial charge in [0.25, 0.3) is 11.8 Å². The number of carbonyl (C=O) groups excluding carboxylic acids is 2. The number of amides is 2. The van der Waals surface area contributed by atoms with Gasteiger partial charge in [-0.2, -0.15) is 0 Å². The van der Waals surface area contributed by atoms with E-state index in [1.807, 2.05) is 24.3 Å². The van der Waals surface area contributed by atoms with E-state index in [2.05, 4.69) is 10.3 Å². The zero-order valence-corrected chi connectivity index (χ0v) is 19.8. The third-order valence-electron chi connectivity index (χ3n) is 6.46. The number of hydrogen-bond donors (Lipinski definition) is 2. The van der Waals surface area contributed by atoms with Gasteiger partial charge in [0.1, 0.15) is 22.8 Å². The van der Waals surface area contributed by atoms with Gasteiger partial charge in [0.05, 0.1) is 12.8 Å². The molecule has 1 unspecified atom stereocenters. The highest BCUT2D eigenvalue weighted by molar-refractivity contribution is 6.15. The van der Waals surface area contributed by atoms with Gasteiger partial charge >= 0.3 is 5.97 Å². The van der Waals surface area contributed by atoms with E-state index >= 15 is 0 Å². The number of benzene rings is 3. The van der Waals surface area contributed by atoms with Crippen molar-refractivity contribution in [1.29, 1.82) is 0 Å². The van der Waals surface area contributed by atoms with E-state index in [9.17, 15) is 23.9 Å². The Hall–Kier alpha value is -4.79. The van der Waals surface area contributed by atoms with Crippen LogP contribution >= 0.6 is 0 Å². The summed E-state index contributed by atoms with van der Waals surface area (Å²) in [6.07, 6.45) is 0.940. The van der Waals surface area contributed by atoms with Crippen molar-refractivity contribution in [3.8, 4) is 5.75 Å². The number of hydrogen-bond acceptors (Lipinski definition) is 5. The maximum absolute atomic E-state index is 14.1. The van der Waals surface area contributed by atoms with E-state index in [1.54, 1.807) is 30.5 Å². The third-order valence-corrected chi connectivity index (χ3v) is 6.46. The molecule has 0 fully saturated rings. The van der Waals surface area contributed by atoms with Crippen LogP contribution in [-0.2, 0) is 15.1 Å². The summed E-state index contributed by atoms with van der Waals surface area (Å²) in [5.74, 6) is -2.39. The van der Waals surface area contributed by atoms with Crippen molar-refractivity contribution in [2.45, 2.75) is 18.4 Å². The number of anilines is 2. The number of carboxylic acid groups (broad SMARTS) is 1. The number of nitrogens with zero attached hydrogens (tertiary/aromatic N) is 2. The second kappa shape index (κ2) is 9.34. The molecule has 0 spiro atoms. The summed E-state index contributed by atoms with van der Waals surface area (Å²) in [5.41, 5.74) is -0.494. The number of aromatic nitrogens is 1. The Morgan fingerprint density at radius 1 is 1.05 bits per heavy atom. The molecule has 186 valence electrons. The first-order valence-corrected chi connectivity index (χ1v) is 11.5. The topological polar surface area (TPSA) is 109 Å². The number of nitrogens with one attached hydrogen (secondary N) is 1. The number of pyridine rings is 1. The fourth-order valence-electron chi connectivity index (χ4n) is 4.63. The summed E-state index contributed by atoms with van der Waals surface area (Å²) >= 11 is 0. The van der Waals surface area contributed by atoms with Gasteiger partial charge in [-0.25, -0.2) is 4.39 Å². The lowest BCUT2D eigenvalue weighted by molar-refractivity contribution is -0.137. The molecule has 1 atom stereocenters. The fourth-order valence-corrected chi connectivity index (χ4v) is 4.63. The van der Waals surface area contributed by atoms with Gasteiger partial charge in [0, 0.05) is 29.3 Å². The molecule has 0 saturated carbocycles. The van der Waals surface area contributed by atoms with E-state index in [4.69, 9.17) is 4.74 Å². The van der Waals surface area contributed by atoms with Crippen LogP contribution in [0.5, 0.6) is 5.75 Å². The lowest BCUT2D eigenvalue weighted by Crippen LogP contribution is -2.52. The normalized spacial score (nSPS) is 16.5. The Bertz CT molecular complexity index is 1540. The van der Waals surface area contributed by atoms with E-state index in [1.165, 1.54) is 36.3 Å². The zero-order valence-electron chi connectivity index (χ0n) is 19.8. The molecule has 2 amide bonds. The minimum absolute atomic E-state index is 0.0749. The van der Waals surface area contributed by atoms with E-state index < -0.39 is 35.6 Å². The molecule has 0 bridgehead atoms. The maximum Gasteiger partial charge on any atom is 0.303 e. The standard InChI is InChI=1S/C28H22FN3O5/c1-37-21-10-11-24-22(15-21)28(13-12-25(33)34,27(36)32(24)20-8-6-19(29)7-9-20)31-26(35)23-14-17-4-2-3-5-18(17)16-30-23/h2-11,14-16H,12-13H2,1H3,(H,31,35)(H,33,34). The van der Waals surface area contributed by atoms with Gasteiger partial charge < -0.3 is 15.2 Å². The number of methoxy groups -OCH3 is 1. The SMILES string of the molecule is COc1ccc2c(c1)C(CCC(=O)O)(NC(=O)c1cc3ccccc3cn1)C(=O)N2c1ccc(F)cc1. The highest BCUT2D eigenvalue weighted by Crippen LogP contribution is 2.48. The number of rotatable bonds is 7. The third kappa shape index (κ3) is 4.24. The van der Waals surface area contributed by atoms with Crippen LogP contribution < -0.4 is 15.0 Å². The second-order valence-electron chi connectivity index (χ2n) is 8.67. The first-order chi connectivity index (χ1) is 17.8. The number of carbonyl (C=O) groups is 3. The van der Waals surface area contributed by atoms with Crippen molar-refractivity contribution in [3.05, 3.63) is 96.1 Å². The summed E-state index contributed by atoms with van der Waals surface area (Å²) in [5, 5.41) is 13.9. The molecule has 5 rings (SSSR count). The van der Waals surface area contributed by atoms with Crippen LogP contribution in [0.25, 0.3) is 10.8 Å². The highest BCUT2D eigenvalue weighted by atomic mass is 19.1. The molecule has 2 N–H and O–H groups in total. The van der Waals surface area contributed by atoms with E-state index in [-0.39, 0.29) is 12.1 Å². The number of aliphatic carboxylic acids is 1. The molecule has 3 aromatic carbocycles. The van der Waals surface area contributed by atoms with Crippen LogP contribution in [0.3, 0.4) is 0 Å². The fraction of sp³-hybridized carbons (Fsp3) is 0.143. The van der Waals surface area contributed by atoms with Crippen LogP contribution in [0.2, 0.25) is 0 Å². The Morgan fingerprint density at radius 3 is 2.49 bits per heavy atom. The van der Waals surface area contributed by atoms with Crippen LogP contribution in [0.1, 0.15) is 28.9 Å². The average Bonchev–Trinajstić information content (AvgIpc) is 3.14. The molecular weight excluding hydrogens is 477 g/mol. The largest absolute Gasteiger partial charge is 0.497 e. The van der Waals surface area contributed by atoms with Crippen molar-refractivity contribution >= 4 is 39.9 Å². The Balaban J connectivity index is 1.64. The minimum Gasteiger partial charge on any atom is -0.497 e. The summed E-state index contributed by atoms with van der Waals surface area (Å²) in [6, 6.07) is 19.3. The monoisotopic (exact) mass is 499 g/mol. The van der Waals surface area contributed by atoms with Crippen LogP contribution in [0, 0.1) is 5.82 Å². The van der Waals surface area contributed by atoms with Gasteiger partial charge in [0.15, 0.2) is 0 Å². The maximum atomic E-state index is 14.1. The molecule has 9 heteroatoms. The predicted octanol–water partition coefficient (Wildman–Crippen LogP) is 4.55. The molecule has 1 aliphatic rings. The van der Waals surface area contributed by atoms with Crippen molar-refractivity contribution in [2.75, 3.05) is 12.0 Å². The van der Waals surface area contributed by atoms with E-state index in [0.29, 0.717) is 22.7 Å². The Labute approximate surface area is 211 Å². The Morgan fingerprint density at radius 2 is 1.78 bits per heavy atom. The van der Waals surface area contributed by atoms with Crippen molar-refractivity contribution in [1.82, 2.24) is 10.3 Å². The number of ether oxygens (including phenoxy) is 1. The summed E-state index contributed by atoms with van der Waals surface area (Å²) in [6.45, 7) is 0. The molecule has 0 radical (unpaired) electrons. The van der Waals surface area contributed by atoms with Crippen LogP contribution in [-0.4, -0.2) is 35.0 Å². The summed E-state index contributed by atoms with van der Waals surface area (Å²) in [4.78, 5) is 44.9. The van der Waals surface area contributed by atoms with Crippen molar-refractivity contribution in [2.24, 2.45) is 0 Å². The average molecular weight is 499 g/mol. The van der Waals surface area contributed by atoms with Gasteiger partial charge in [-0.1, -0.05) is 24.3 Å². The smallest absolute Gasteiger partial charge is 0.303 e. The van der Waals surface area contributed by atoms with Gasteiger partial charge in [-0.15, -0.1) is 0 Å². The van der Waals surface area contributed by atoms with Crippen molar-refractivity contribution in [3.63, 3.8) is 0 Å². The molecule has 1 aromatic heterocycles. The molecule has 0 saturated heterocycles. The molecule has 4 aromatic rings. The molecule has 2 heterocycles. The first-order valence-electron chi connectivity index (χ1n) is 11.5. The highest BCUT2D eigenvalue weighted by Gasteiger charge is 2.53. The minimum atomic E-state index is -1.74. The second-order valence-corrected chi connectivity index (χ2v) is 8.67. The molecule has 8 nitrogen and oxygen atoms in total. The Kier molecular flexibility index (Phi) is 6.04. The van der Waals surface area contributed by atoms with Crippen molar-refractivity contribution < 1.29 is 28.6 Å². The molecule has 37 heavy (non-hydrogen) atoms. The quantitative estimate of drug-likeness (QED) is 0.386. The lowest BCUT2D eigenvalue weighted by atomic mass is 9.86. The van der Waals surface area contributed by atoms with E-state index in [0.717, 1.165) is 10.8 Å². The number of fused-ring (bicyclic) bond motifs is 2. The summed E-state index contributed by atoms with van der Waals surface area (Å²) < 4.78 is 19.0. The lowest BCUT2D eigenvalue weighted by Gasteiger charge is -2.29. The number of carboxylic acids is 1. The van der Waals surface area contributed by atoms with Gasteiger partial charge in [-0.3, -0.25) is 24.3 Å². The summed E-state index contributed by atoms with van der Waals surface area (Å²) in [7, 11) is 1.47. The first kappa shape index (κ1) is 23.9. The predicted molar refractivity (Wildman–Crippen MR) is 134 cm³/mol.